The fraction of sp³-hybridized carbons (Fsp3) is 0.526. The second kappa shape index (κ2) is 6.75. The van der Waals surface area contributed by atoms with Gasteiger partial charge in [0.15, 0.2) is 0 Å². The van der Waals surface area contributed by atoms with Crippen molar-refractivity contribution in [1.82, 2.24) is 15.1 Å². The Balaban J connectivity index is 1.69. The lowest BCUT2D eigenvalue weighted by Crippen LogP contribution is -2.39. The van der Waals surface area contributed by atoms with E-state index in [1.165, 1.54) is 0 Å². The molecule has 1 atom stereocenters. The van der Waals surface area contributed by atoms with Gasteiger partial charge in [0.1, 0.15) is 0 Å². The van der Waals surface area contributed by atoms with Crippen LogP contribution in [0.3, 0.4) is 0 Å². The molecule has 1 aliphatic heterocycles. The monoisotopic (exact) mass is 327 g/mol. The van der Waals surface area contributed by atoms with Gasteiger partial charge in [-0.1, -0.05) is 39.0 Å². The largest absolute Gasteiger partial charge is 0.425 e. The molecule has 2 heterocycles. The van der Waals surface area contributed by atoms with E-state index in [2.05, 4.69) is 31.0 Å². The Labute approximate surface area is 143 Å². The zero-order chi connectivity index (χ0) is 17.2. The second-order valence-electron chi connectivity index (χ2n) is 7.73. The predicted molar refractivity (Wildman–Crippen MR) is 91.8 cm³/mol. The summed E-state index contributed by atoms with van der Waals surface area (Å²) in [6.07, 6.45) is 2.70. The number of hydrogen-bond acceptors (Lipinski definition) is 4. The number of piperidine rings is 1. The number of likely N-dealkylation sites (tertiary alicyclic amines) is 1. The van der Waals surface area contributed by atoms with Gasteiger partial charge in [0.25, 0.3) is 5.91 Å². The number of rotatable bonds is 3. The third-order valence-corrected chi connectivity index (χ3v) is 4.24. The Morgan fingerprint density at radius 2 is 2.00 bits per heavy atom. The molecule has 1 saturated heterocycles. The van der Waals surface area contributed by atoms with Gasteiger partial charge in [-0.25, -0.2) is 0 Å². The van der Waals surface area contributed by atoms with Crippen molar-refractivity contribution in [3.8, 4) is 0 Å². The highest BCUT2D eigenvalue weighted by atomic mass is 16.4. The first-order valence-corrected chi connectivity index (χ1v) is 8.59. The molecule has 0 aliphatic carbocycles. The Morgan fingerprint density at radius 3 is 2.71 bits per heavy atom. The fourth-order valence-electron chi connectivity index (χ4n) is 3.08. The lowest BCUT2D eigenvalue weighted by Gasteiger charge is -2.31. The number of carbonyl (C=O) groups is 1. The Hall–Kier alpha value is -2.17. The standard InChI is InChI=1S/C19H25N3O2/c1-19(2,3)12-16-20-21-17(24-16)15-10-7-11-22(13-15)18(23)14-8-5-4-6-9-14/h4-6,8-9,15H,7,10-13H2,1-3H3. The van der Waals surface area contributed by atoms with Crippen LogP contribution in [0.4, 0.5) is 0 Å². The van der Waals surface area contributed by atoms with Gasteiger partial charge in [0.2, 0.25) is 11.8 Å². The molecule has 3 rings (SSSR count). The topological polar surface area (TPSA) is 59.2 Å². The summed E-state index contributed by atoms with van der Waals surface area (Å²) in [6.45, 7) is 7.88. The molecular formula is C19H25N3O2. The first-order chi connectivity index (χ1) is 11.4. The maximum Gasteiger partial charge on any atom is 0.253 e. The molecule has 1 unspecified atom stereocenters. The molecule has 1 aromatic carbocycles. The van der Waals surface area contributed by atoms with Crippen LogP contribution in [-0.4, -0.2) is 34.1 Å². The van der Waals surface area contributed by atoms with E-state index in [1.807, 2.05) is 35.2 Å². The molecule has 5 heteroatoms. The van der Waals surface area contributed by atoms with Crippen LogP contribution < -0.4 is 0 Å². The number of benzene rings is 1. The Kier molecular flexibility index (Phi) is 4.69. The molecule has 1 aliphatic rings. The maximum absolute atomic E-state index is 12.6. The molecule has 128 valence electrons. The van der Waals surface area contributed by atoms with E-state index in [4.69, 9.17) is 4.42 Å². The van der Waals surface area contributed by atoms with Crippen molar-refractivity contribution in [1.29, 1.82) is 0 Å². The summed E-state index contributed by atoms with van der Waals surface area (Å²) in [4.78, 5) is 14.5. The molecule has 0 N–H and O–H groups in total. The summed E-state index contributed by atoms with van der Waals surface area (Å²) in [5.74, 6) is 1.56. The summed E-state index contributed by atoms with van der Waals surface area (Å²) in [5, 5.41) is 8.42. The van der Waals surface area contributed by atoms with Gasteiger partial charge >= 0.3 is 0 Å². The van der Waals surface area contributed by atoms with Gasteiger partial charge in [0.05, 0.1) is 5.92 Å². The molecule has 0 radical (unpaired) electrons. The SMILES string of the molecule is CC(C)(C)Cc1nnc(C2CCCN(C(=O)c3ccccc3)C2)o1. The molecule has 24 heavy (non-hydrogen) atoms. The molecule has 0 saturated carbocycles. The zero-order valence-corrected chi connectivity index (χ0v) is 14.7. The lowest BCUT2D eigenvalue weighted by molar-refractivity contribution is 0.0697. The molecule has 0 spiro atoms. The molecule has 2 aromatic rings. The summed E-state index contributed by atoms with van der Waals surface area (Å²) in [5.41, 5.74) is 0.850. The zero-order valence-electron chi connectivity index (χ0n) is 14.7. The number of carbonyl (C=O) groups excluding carboxylic acids is 1. The molecule has 1 amide bonds. The summed E-state index contributed by atoms with van der Waals surface area (Å²) < 4.78 is 5.87. The van der Waals surface area contributed by atoms with Crippen molar-refractivity contribution in [3.63, 3.8) is 0 Å². The Bertz CT molecular complexity index is 688. The first-order valence-electron chi connectivity index (χ1n) is 8.59. The molecule has 0 bridgehead atoms. The van der Waals surface area contributed by atoms with E-state index in [1.54, 1.807) is 0 Å². The number of amides is 1. The molecule has 1 fully saturated rings. The van der Waals surface area contributed by atoms with Crippen molar-refractivity contribution in [2.45, 2.75) is 46.0 Å². The highest BCUT2D eigenvalue weighted by Gasteiger charge is 2.29. The first kappa shape index (κ1) is 16.7. The highest BCUT2D eigenvalue weighted by Crippen LogP contribution is 2.28. The van der Waals surface area contributed by atoms with Crippen molar-refractivity contribution >= 4 is 5.91 Å². The summed E-state index contributed by atoms with van der Waals surface area (Å²) >= 11 is 0. The van der Waals surface area contributed by atoms with Gasteiger partial charge in [0, 0.05) is 25.1 Å². The van der Waals surface area contributed by atoms with E-state index in [9.17, 15) is 4.79 Å². The van der Waals surface area contributed by atoms with Gasteiger partial charge in [-0.05, 0) is 30.4 Å². The fourth-order valence-corrected chi connectivity index (χ4v) is 3.08. The second-order valence-corrected chi connectivity index (χ2v) is 7.73. The van der Waals surface area contributed by atoms with Crippen LogP contribution >= 0.6 is 0 Å². The Morgan fingerprint density at radius 1 is 1.25 bits per heavy atom. The molecule has 1 aromatic heterocycles. The van der Waals surface area contributed by atoms with Crippen molar-refractivity contribution in [2.24, 2.45) is 5.41 Å². The van der Waals surface area contributed by atoms with Gasteiger partial charge in [-0.2, -0.15) is 0 Å². The van der Waals surface area contributed by atoms with Gasteiger partial charge in [-0.3, -0.25) is 4.79 Å². The molecule has 5 nitrogen and oxygen atoms in total. The van der Waals surface area contributed by atoms with Gasteiger partial charge < -0.3 is 9.32 Å². The third kappa shape index (κ3) is 4.02. The van der Waals surface area contributed by atoms with Crippen LogP contribution in [0.15, 0.2) is 34.7 Å². The van der Waals surface area contributed by atoms with Crippen molar-refractivity contribution < 1.29 is 9.21 Å². The highest BCUT2D eigenvalue weighted by molar-refractivity contribution is 5.94. The third-order valence-electron chi connectivity index (χ3n) is 4.24. The van der Waals surface area contributed by atoms with Crippen LogP contribution in [0.25, 0.3) is 0 Å². The van der Waals surface area contributed by atoms with Crippen molar-refractivity contribution in [3.05, 3.63) is 47.7 Å². The van der Waals surface area contributed by atoms with Crippen LogP contribution in [0.2, 0.25) is 0 Å². The predicted octanol–water partition coefficient (Wildman–Crippen LogP) is 3.68. The lowest BCUT2D eigenvalue weighted by atomic mass is 9.92. The number of aromatic nitrogens is 2. The smallest absolute Gasteiger partial charge is 0.253 e. The van der Waals surface area contributed by atoms with Crippen LogP contribution in [0, 0.1) is 5.41 Å². The van der Waals surface area contributed by atoms with Gasteiger partial charge in [-0.15, -0.1) is 10.2 Å². The average Bonchev–Trinajstić information content (AvgIpc) is 3.01. The summed E-state index contributed by atoms with van der Waals surface area (Å²) in [6, 6.07) is 9.43. The van der Waals surface area contributed by atoms with E-state index >= 15 is 0 Å². The van der Waals surface area contributed by atoms with E-state index < -0.39 is 0 Å². The van der Waals surface area contributed by atoms with E-state index in [0.29, 0.717) is 18.3 Å². The van der Waals surface area contributed by atoms with E-state index in [-0.39, 0.29) is 17.2 Å². The number of hydrogen-bond donors (Lipinski definition) is 0. The number of nitrogens with zero attached hydrogens (tertiary/aromatic N) is 3. The summed E-state index contributed by atoms with van der Waals surface area (Å²) in [7, 11) is 0. The minimum atomic E-state index is 0.0785. The minimum absolute atomic E-state index is 0.0785. The van der Waals surface area contributed by atoms with Crippen LogP contribution in [-0.2, 0) is 6.42 Å². The maximum atomic E-state index is 12.6. The van der Waals surface area contributed by atoms with Crippen molar-refractivity contribution in [2.75, 3.05) is 13.1 Å². The van der Waals surface area contributed by atoms with Crippen LogP contribution in [0.5, 0.6) is 0 Å². The van der Waals surface area contributed by atoms with Crippen LogP contribution in [0.1, 0.15) is 61.7 Å². The van der Waals surface area contributed by atoms with E-state index in [0.717, 1.165) is 31.4 Å². The normalized spacial score (nSPS) is 18.6. The average molecular weight is 327 g/mol. The molecular weight excluding hydrogens is 302 g/mol. The quantitative estimate of drug-likeness (QED) is 0.863. The minimum Gasteiger partial charge on any atom is -0.425 e.